The Morgan fingerprint density at radius 2 is 1.94 bits per heavy atom. The van der Waals surface area contributed by atoms with Gasteiger partial charge in [0.25, 0.3) is 5.56 Å². The third-order valence-electron chi connectivity index (χ3n) is 5.40. The van der Waals surface area contributed by atoms with Gasteiger partial charge in [-0.3, -0.25) is 9.59 Å². The molecule has 1 unspecified atom stereocenters. The number of rotatable bonds is 7. The molecule has 0 bridgehead atoms. The van der Waals surface area contributed by atoms with E-state index in [1.54, 1.807) is 17.7 Å². The molecule has 1 amide bonds. The maximum atomic E-state index is 13.2. The van der Waals surface area contributed by atoms with Crippen molar-refractivity contribution in [1.82, 2.24) is 9.55 Å². The van der Waals surface area contributed by atoms with E-state index in [0.717, 1.165) is 11.1 Å². The summed E-state index contributed by atoms with van der Waals surface area (Å²) in [6.07, 6.45) is 0.133. The number of ether oxygens (including phenoxy) is 2. The summed E-state index contributed by atoms with van der Waals surface area (Å²) in [7, 11) is 3.39. The van der Waals surface area contributed by atoms with E-state index in [4.69, 9.17) is 9.47 Å². The largest absolute Gasteiger partial charge is 0.493 e. The molecule has 1 aliphatic rings. The number of hydrogen-bond donors (Lipinski definition) is 1. The summed E-state index contributed by atoms with van der Waals surface area (Å²) in [4.78, 5) is 30.2. The Labute approximate surface area is 190 Å². The molecule has 0 aliphatic carbocycles. The lowest BCUT2D eigenvalue weighted by Crippen LogP contribution is -2.33. The van der Waals surface area contributed by atoms with Crippen LogP contribution in [-0.4, -0.2) is 29.2 Å². The van der Waals surface area contributed by atoms with Crippen molar-refractivity contribution in [3.05, 3.63) is 75.6 Å². The number of fused-ring (bicyclic) bond motifs is 1. The lowest BCUT2D eigenvalue weighted by molar-refractivity contribution is -0.116. The highest BCUT2D eigenvalue weighted by atomic mass is 32.2. The van der Waals surface area contributed by atoms with Gasteiger partial charge in [0, 0.05) is 30.7 Å². The lowest BCUT2D eigenvalue weighted by Gasteiger charge is -2.29. The molecule has 8 heteroatoms. The maximum Gasteiger partial charge on any atom is 0.279 e. The zero-order chi connectivity index (χ0) is 22.7. The molecular formula is C24H25N3O4S. The predicted molar refractivity (Wildman–Crippen MR) is 125 cm³/mol. The number of carbonyl (C=O) groups excluding carboxylic acids is 1. The van der Waals surface area contributed by atoms with Crippen LogP contribution in [0.25, 0.3) is 0 Å². The minimum Gasteiger partial charge on any atom is -0.493 e. The summed E-state index contributed by atoms with van der Waals surface area (Å²) in [6, 6.07) is 15.5. The number of aromatic nitrogens is 2. The van der Waals surface area contributed by atoms with E-state index in [2.05, 4.69) is 10.3 Å². The fourth-order valence-electron chi connectivity index (χ4n) is 3.92. The van der Waals surface area contributed by atoms with Crippen molar-refractivity contribution in [2.24, 2.45) is 7.05 Å². The summed E-state index contributed by atoms with van der Waals surface area (Å²) in [5.41, 5.74) is 1.99. The second-order valence-corrected chi connectivity index (χ2v) is 8.35. The number of thioether (sulfide) groups is 1. The van der Waals surface area contributed by atoms with Crippen LogP contribution in [0.4, 0.5) is 5.82 Å². The molecule has 0 saturated heterocycles. The van der Waals surface area contributed by atoms with E-state index in [0.29, 0.717) is 40.4 Å². The molecule has 2 heterocycles. The van der Waals surface area contributed by atoms with Gasteiger partial charge < -0.3 is 19.4 Å². The Bertz CT molecular complexity index is 1190. The topological polar surface area (TPSA) is 82.4 Å². The zero-order valence-corrected chi connectivity index (χ0v) is 19.1. The van der Waals surface area contributed by atoms with E-state index in [-0.39, 0.29) is 17.9 Å². The van der Waals surface area contributed by atoms with Gasteiger partial charge in [-0.25, -0.2) is 0 Å². The van der Waals surface area contributed by atoms with E-state index in [1.807, 2.05) is 56.4 Å². The molecule has 0 fully saturated rings. The van der Waals surface area contributed by atoms with Gasteiger partial charge in [0.15, 0.2) is 16.7 Å². The van der Waals surface area contributed by atoms with Crippen LogP contribution in [-0.2, 0) is 17.6 Å². The quantitative estimate of drug-likeness (QED) is 0.433. The number of benzene rings is 2. The number of para-hydroxylation sites is 1. The first kappa shape index (κ1) is 22.0. The van der Waals surface area contributed by atoms with Gasteiger partial charge in [0.2, 0.25) is 5.91 Å². The molecule has 166 valence electrons. The number of hydrogen-bond acceptors (Lipinski definition) is 6. The molecule has 1 atom stereocenters. The summed E-state index contributed by atoms with van der Waals surface area (Å²) in [6.45, 7) is 2.32. The SMILES string of the molecule is CCOc1c(OC)cccc1C1CC(=O)Nc2c1c(=O)nc(SCc1ccccc1)n2C. The molecule has 2 aromatic carbocycles. The van der Waals surface area contributed by atoms with Crippen molar-refractivity contribution in [2.45, 2.75) is 30.2 Å². The molecule has 4 rings (SSSR count). The van der Waals surface area contributed by atoms with Crippen LogP contribution in [0.2, 0.25) is 0 Å². The van der Waals surface area contributed by atoms with Crippen molar-refractivity contribution in [1.29, 1.82) is 0 Å². The third kappa shape index (κ3) is 4.23. The Balaban J connectivity index is 1.78. The van der Waals surface area contributed by atoms with Crippen LogP contribution in [0.1, 0.15) is 36.0 Å². The number of methoxy groups -OCH3 is 1. The highest BCUT2D eigenvalue weighted by molar-refractivity contribution is 7.98. The lowest BCUT2D eigenvalue weighted by atomic mass is 9.86. The third-order valence-corrected chi connectivity index (χ3v) is 6.51. The average Bonchev–Trinajstić information content (AvgIpc) is 2.81. The number of anilines is 1. The Hall–Kier alpha value is -3.26. The molecule has 0 spiro atoms. The van der Waals surface area contributed by atoms with Crippen molar-refractivity contribution in [3.8, 4) is 11.5 Å². The van der Waals surface area contributed by atoms with Crippen LogP contribution in [0.15, 0.2) is 58.5 Å². The molecule has 32 heavy (non-hydrogen) atoms. The highest BCUT2D eigenvalue weighted by Crippen LogP contribution is 2.43. The monoisotopic (exact) mass is 451 g/mol. The normalized spacial score (nSPS) is 15.1. The average molecular weight is 452 g/mol. The standard InChI is InChI=1S/C24H25N3O4S/c1-4-31-21-16(11-8-12-18(21)30-3)17-13-19(28)25-22-20(17)23(29)26-24(27(22)2)32-14-15-9-6-5-7-10-15/h5-12,17H,4,13-14H2,1-3H3,(H,25,28). The number of amides is 1. The Morgan fingerprint density at radius 1 is 1.16 bits per heavy atom. The minimum absolute atomic E-state index is 0.133. The predicted octanol–water partition coefficient (Wildman–Crippen LogP) is 3.95. The van der Waals surface area contributed by atoms with Crippen molar-refractivity contribution >= 4 is 23.5 Å². The van der Waals surface area contributed by atoms with Crippen LogP contribution in [0.5, 0.6) is 11.5 Å². The fourth-order valence-corrected chi connectivity index (χ4v) is 4.84. The van der Waals surface area contributed by atoms with E-state index in [1.165, 1.54) is 11.8 Å². The fraction of sp³-hybridized carbons (Fsp3) is 0.292. The summed E-state index contributed by atoms with van der Waals surface area (Å²) >= 11 is 1.46. The molecule has 1 N–H and O–H groups in total. The second-order valence-electron chi connectivity index (χ2n) is 7.41. The number of nitrogens with zero attached hydrogens (tertiary/aromatic N) is 2. The van der Waals surface area contributed by atoms with Crippen LogP contribution in [0, 0.1) is 0 Å². The van der Waals surface area contributed by atoms with Crippen LogP contribution in [0.3, 0.4) is 0 Å². The first-order valence-electron chi connectivity index (χ1n) is 10.4. The number of nitrogens with one attached hydrogen (secondary N) is 1. The number of carbonyl (C=O) groups is 1. The highest BCUT2D eigenvalue weighted by Gasteiger charge is 2.34. The zero-order valence-electron chi connectivity index (χ0n) is 18.3. The Kier molecular flexibility index (Phi) is 6.50. The molecule has 3 aromatic rings. The minimum atomic E-state index is -0.477. The summed E-state index contributed by atoms with van der Waals surface area (Å²) < 4.78 is 13.1. The molecular weight excluding hydrogens is 426 g/mol. The summed E-state index contributed by atoms with van der Waals surface area (Å²) in [5, 5.41) is 3.44. The smallest absolute Gasteiger partial charge is 0.279 e. The van der Waals surface area contributed by atoms with Gasteiger partial charge in [-0.15, -0.1) is 0 Å². The Morgan fingerprint density at radius 3 is 2.66 bits per heavy atom. The van der Waals surface area contributed by atoms with Gasteiger partial charge in [-0.2, -0.15) is 4.98 Å². The van der Waals surface area contributed by atoms with Crippen LogP contribution >= 0.6 is 11.8 Å². The first-order chi connectivity index (χ1) is 15.5. The van der Waals surface area contributed by atoms with Gasteiger partial charge >= 0.3 is 0 Å². The first-order valence-corrected chi connectivity index (χ1v) is 11.4. The van der Waals surface area contributed by atoms with Gasteiger partial charge in [0.05, 0.1) is 19.3 Å². The molecule has 0 radical (unpaired) electrons. The molecule has 0 saturated carbocycles. The summed E-state index contributed by atoms with van der Waals surface area (Å²) in [5.74, 6) is 1.63. The van der Waals surface area contributed by atoms with E-state index < -0.39 is 5.92 Å². The van der Waals surface area contributed by atoms with Crippen LogP contribution < -0.4 is 20.3 Å². The van der Waals surface area contributed by atoms with Gasteiger partial charge in [-0.05, 0) is 18.6 Å². The van der Waals surface area contributed by atoms with Gasteiger partial charge in [-0.1, -0.05) is 54.2 Å². The van der Waals surface area contributed by atoms with Gasteiger partial charge in [0.1, 0.15) is 5.82 Å². The van der Waals surface area contributed by atoms with E-state index >= 15 is 0 Å². The molecule has 1 aliphatic heterocycles. The maximum absolute atomic E-state index is 13.2. The van der Waals surface area contributed by atoms with Crippen molar-refractivity contribution in [2.75, 3.05) is 19.0 Å². The second kappa shape index (κ2) is 9.48. The molecule has 1 aromatic heterocycles. The van der Waals surface area contributed by atoms with Crippen molar-refractivity contribution < 1.29 is 14.3 Å². The van der Waals surface area contributed by atoms with Crippen molar-refractivity contribution in [3.63, 3.8) is 0 Å². The van der Waals surface area contributed by atoms with E-state index in [9.17, 15) is 9.59 Å². The molecule has 7 nitrogen and oxygen atoms in total.